The van der Waals surface area contributed by atoms with E-state index in [1.165, 1.54) is 0 Å². The molecule has 29 heavy (non-hydrogen) atoms. The molecule has 6 heteroatoms. The Labute approximate surface area is 170 Å². The van der Waals surface area contributed by atoms with Crippen molar-refractivity contribution in [2.24, 2.45) is 0 Å². The van der Waals surface area contributed by atoms with Gasteiger partial charge in [0.1, 0.15) is 36.3 Å². The second-order valence-corrected chi connectivity index (χ2v) is 6.71. The van der Waals surface area contributed by atoms with Crippen molar-refractivity contribution in [3.05, 3.63) is 83.8 Å². The van der Waals surface area contributed by atoms with Gasteiger partial charge in [0.25, 0.3) is 0 Å². The third kappa shape index (κ3) is 6.20. The van der Waals surface area contributed by atoms with Crippen LogP contribution in [0.4, 0.5) is 0 Å². The number of carbonyl (C=O) groups is 1. The van der Waals surface area contributed by atoms with Crippen LogP contribution in [-0.2, 0) is 13.1 Å². The molecule has 0 saturated carbocycles. The van der Waals surface area contributed by atoms with Crippen LogP contribution in [0.5, 0.6) is 11.5 Å². The first-order valence-corrected chi connectivity index (χ1v) is 9.40. The predicted molar refractivity (Wildman–Crippen MR) is 109 cm³/mol. The van der Waals surface area contributed by atoms with Crippen molar-refractivity contribution in [2.45, 2.75) is 19.2 Å². The SMILES string of the molecule is COc1ccccc1CN(Cc1ccco1)CC(O)COc1ccc(C=O)cc1. The van der Waals surface area contributed by atoms with E-state index in [2.05, 4.69) is 4.90 Å². The molecule has 152 valence electrons. The number of para-hydroxylation sites is 1. The molecule has 2 aromatic carbocycles. The Morgan fingerprint density at radius 1 is 1.07 bits per heavy atom. The van der Waals surface area contributed by atoms with Gasteiger partial charge >= 0.3 is 0 Å². The average Bonchev–Trinajstić information content (AvgIpc) is 3.26. The lowest BCUT2D eigenvalue weighted by molar-refractivity contribution is 0.0602. The van der Waals surface area contributed by atoms with Crippen molar-refractivity contribution in [2.75, 3.05) is 20.3 Å². The summed E-state index contributed by atoms with van der Waals surface area (Å²) in [4.78, 5) is 12.8. The monoisotopic (exact) mass is 395 g/mol. The van der Waals surface area contributed by atoms with Gasteiger partial charge in [-0.25, -0.2) is 0 Å². The highest BCUT2D eigenvalue weighted by Crippen LogP contribution is 2.21. The topological polar surface area (TPSA) is 72.1 Å². The maximum atomic E-state index is 10.7. The zero-order valence-corrected chi connectivity index (χ0v) is 16.4. The Kier molecular flexibility index (Phi) is 7.44. The summed E-state index contributed by atoms with van der Waals surface area (Å²) in [6.07, 6.45) is 1.72. The molecule has 1 N–H and O–H groups in total. The van der Waals surface area contributed by atoms with Crippen LogP contribution in [0, 0.1) is 0 Å². The van der Waals surface area contributed by atoms with Crippen LogP contribution in [0.25, 0.3) is 0 Å². The molecule has 3 rings (SSSR count). The maximum absolute atomic E-state index is 10.7. The number of aliphatic hydroxyl groups is 1. The fourth-order valence-corrected chi connectivity index (χ4v) is 3.07. The number of aldehydes is 1. The molecule has 0 radical (unpaired) electrons. The van der Waals surface area contributed by atoms with Gasteiger partial charge in [0.05, 0.1) is 19.9 Å². The Morgan fingerprint density at radius 2 is 1.86 bits per heavy atom. The van der Waals surface area contributed by atoms with E-state index in [9.17, 15) is 9.90 Å². The number of aliphatic hydroxyl groups excluding tert-OH is 1. The molecule has 0 aliphatic rings. The van der Waals surface area contributed by atoms with E-state index in [0.29, 0.717) is 30.9 Å². The molecule has 6 nitrogen and oxygen atoms in total. The van der Waals surface area contributed by atoms with E-state index in [1.54, 1.807) is 37.6 Å². The van der Waals surface area contributed by atoms with E-state index in [0.717, 1.165) is 23.4 Å². The van der Waals surface area contributed by atoms with Crippen LogP contribution in [0.2, 0.25) is 0 Å². The van der Waals surface area contributed by atoms with Crippen LogP contribution >= 0.6 is 0 Å². The largest absolute Gasteiger partial charge is 0.496 e. The van der Waals surface area contributed by atoms with Crippen molar-refractivity contribution in [3.8, 4) is 11.5 Å². The zero-order chi connectivity index (χ0) is 20.5. The standard InChI is InChI=1S/C23H25NO5/c1-27-23-7-3-2-5-19(23)13-24(15-22-6-4-12-28-22)14-20(26)17-29-21-10-8-18(16-25)9-11-21/h2-12,16,20,26H,13-15,17H2,1H3. The van der Waals surface area contributed by atoms with Crippen molar-refractivity contribution in [3.63, 3.8) is 0 Å². The Morgan fingerprint density at radius 3 is 2.55 bits per heavy atom. The quantitative estimate of drug-likeness (QED) is 0.501. The van der Waals surface area contributed by atoms with Crippen molar-refractivity contribution in [1.82, 2.24) is 4.90 Å². The molecule has 3 aromatic rings. The number of benzene rings is 2. The van der Waals surface area contributed by atoms with Gasteiger partial charge in [-0.3, -0.25) is 9.69 Å². The Balaban J connectivity index is 1.62. The number of nitrogens with zero attached hydrogens (tertiary/aromatic N) is 1. The lowest BCUT2D eigenvalue weighted by Gasteiger charge is -2.25. The predicted octanol–water partition coefficient (Wildman–Crippen LogP) is 3.54. The molecule has 1 atom stereocenters. The molecular formula is C23H25NO5. The molecule has 0 aliphatic carbocycles. The summed E-state index contributed by atoms with van der Waals surface area (Å²) < 4.78 is 16.6. The number of methoxy groups -OCH3 is 1. The maximum Gasteiger partial charge on any atom is 0.150 e. The van der Waals surface area contributed by atoms with Gasteiger partial charge in [0, 0.05) is 24.2 Å². The Bertz CT molecular complexity index is 877. The molecule has 0 saturated heterocycles. The molecular weight excluding hydrogens is 370 g/mol. The van der Waals surface area contributed by atoms with Gasteiger partial charge in [-0.15, -0.1) is 0 Å². The number of hydrogen-bond acceptors (Lipinski definition) is 6. The fraction of sp³-hybridized carbons (Fsp3) is 0.261. The third-order valence-electron chi connectivity index (χ3n) is 4.47. The summed E-state index contributed by atoms with van der Waals surface area (Å²) in [7, 11) is 1.65. The average molecular weight is 395 g/mol. The van der Waals surface area contributed by atoms with Gasteiger partial charge in [-0.2, -0.15) is 0 Å². The molecule has 1 heterocycles. The van der Waals surface area contributed by atoms with Crippen molar-refractivity contribution >= 4 is 6.29 Å². The number of ether oxygens (including phenoxy) is 2. The van der Waals surface area contributed by atoms with E-state index in [-0.39, 0.29) is 6.61 Å². The minimum atomic E-state index is -0.703. The molecule has 0 fully saturated rings. The van der Waals surface area contributed by atoms with Crippen LogP contribution in [0.1, 0.15) is 21.7 Å². The smallest absolute Gasteiger partial charge is 0.150 e. The van der Waals surface area contributed by atoms with Gasteiger partial charge in [-0.05, 0) is 42.5 Å². The van der Waals surface area contributed by atoms with E-state index in [4.69, 9.17) is 13.9 Å². The number of rotatable bonds is 11. The first-order chi connectivity index (χ1) is 14.2. The van der Waals surface area contributed by atoms with E-state index < -0.39 is 6.10 Å². The van der Waals surface area contributed by atoms with Crippen LogP contribution in [0.15, 0.2) is 71.3 Å². The van der Waals surface area contributed by atoms with Gasteiger partial charge in [0.2, 0.25) is 0 Å². The number of carbonyl (C=O) groups excluding carboxylic acids is 1. The van der Waals surface area contributed by atoms with Gasteiger partial charge in [-0.1, -0.05) is 18.2 Å². The zero-order valence-electron chi connectivity index (χ0n) is 16.4. The first kappa shape index (κ1) is 20.6. The first-order valence-electron chi connectivity index (χ1n) is 9.40. The highest BCUT2D eigenvalue weighted by atomic mass is 16.5. The summed E-state index contributed by atoms with van der Waals surface area (Å²) in [6.45, 7) is 1.68. The second-order valence-electron chi connectivity index (χ2n) is 6.71. The van der Waals surface area contributed by atoms with E-state index in [1.807, 2.05) is 36.4 Å². The molecule has 0 amide bonds. The van der Waals surface area contributed by atoms with E-state index >= 15 is 0 Å². The summed E-state index contributed by atoms with van der Waals surface area (Å²) in [5, 5.41) is 10.5. The number of furan rings is 1. The summed E-state index contributed by atoms with van der Waals surface area (Å²) in [6, 6.07) is 18.4. The lowest BCUT2D eigenvalue weighted by Crippen LogP contribution is -2.35. The second kappa shape index (κ2) is 10.5. The van der Waals surface area contributed by atoms with Crippen LogP contribution in [-0.4, -0.2) is 42.7 Å². The molecule has 1 unspecified atom stereocenters. The summed E-state index contributed by atoms with van der Waals surface area (Å²) in [5.41, 5.74) is 1.61. The molecule has 0 spiro atoms. The molecule has 0 bridgehead atoms. The van der Waals surface area contributed by atoms with Crippen LogP contribution in [0.3, 0.4) is 0 Å². The molecule has 0 aliphatic heterocycles. The van der Waals surface area contributed by atoms with Gasteiger partial charge in [0.15, 0.2) is 0 Å². The normalized spacial score (nSPS) is 12.0. The number of hydrogen-bond donors (Lipinski definition) is 1. The van der Waals surface area contributed by atoms with Crippen molar-refractivity contribution in [1.29, 1.82) is 0 Å². The Hall–Kier alpha value is -3.09. The summed E-state index contributed by atoms with van der Waals surface area (Å²) in [5.74, 6) is 2.23. The molecule has 1 aromatic heterocycles. The minimum absolute atomic E-state index is 0.140. The van der Waals surface area contributed by atoms with Gasteiger partial charge < -0.3 is 19.0 Å². The van der Waals surface area contributed by atoms with Crippen molar-refractivity contribution < 1.29 is 23.8 Å². The highest BCUT2D eigenvalue weighted by Gasteiger charge is 2.16. The fourth-order valence-electron chi connectivity index (χ4n) is 3.07. The summed E-state index contributed by atoms with van der Waals surface area (Å²) >= 11 is 0. The lowest BCUT2D eigenvalue weighted by atomic mass is 10.1. The third-order valence-corrected chi connectivity index (χ3v) is 4.47. The highest BCUT2D eigenvalue weighted by molar-refractivity contribution is 5.74. The minimum Gasteiger partial charge on any atom is -0.496 e. The van der Waals surface area contributed by atoms with Crippen LogP contribution < -0.4 is 9.47 Å².